The first-order chi connectivity index (χ1) is 9.65. The highest BCUT2D eigenvalue weighted by Crippen LogP contribution is 2.39. The topological polar surface area (TPSA) is 102 Å². The van der Waals surface area contributed by atoms with Crippen LogP contribution in [0.1, 0.15) is 43.5 Å². The normalized spacial score (nSPS) is 13.9. The van der Waals surface area contributed by atoms with Gasteiger partial charge in [0.05, 0.1) is 13.0 Å². The fourth-order valence-electron chi connectivity index (χ4n) is 1.89. The zero-order valence-corrected chi connectivity index (χ0v) is 11.9. The van der Waals surface area contributed by atoms with Gasteiger partial charge < -0.3 is 15.5 Å². The van der Waals surface area contributed by atoms with E-state index in [9.17, 15) is 4.79 Å². The molecule has 0 bridgehead atoms. The number of nitrogens with two attached hydrogens (primary N) is 1. The van der Waals surface area contributed by atoms with E-state index in [1.807, 2.05) is 6.92 Å². The highest BCUT2D eigenvalue weighted by atomic mass is 16.5. The lowest BCUT2D eigenvalue weighted by Crippen LogP contribution is -2.16. The molecule has 4 N–H and O–H groups in total. The average molecular weight is 279 g/mol. The van der Waals surface area contributed by atoms with Crippen molar-refractivity contribution in [3.05, 3.63) is 11.4 Å². The number of hydrazine groups is 1. The maximum atomic E-state index is 11.3. The van der Waals surface area contributed by atoms with Gasteiger partial charge in [0.2, 0.25) is 0 Å². The first kappa shape index (κ1) is 14.5. The van der Waals surface area contributed by atoms with Crippen molar-refractivity contribution in [1.82, 2.24) is 9.97 Å². The highest BCUT2D eigenvalue weighted by Gasteiger charge is 2.28. The molecule has 2 rings (SSSR count). The molecule has 1 fully saturated rings. The summed E-state index contributed by atoms with van der Waals surface area (Å²) in [7, 11) is 0. The highest BCUT2D eigenvalue weighted by molar-refractivity contribution is 5.70. The van der Waals surface area contributed by atoms with Crippen molar-refractivity contribution in [2.75, 3.05) is 23.9 Å². The molecule has 1 aliphatic carbocycles. The van der Waals surface area contributed by atoms with Crippen LogP contribution in [0.5, 0.6) is 0 Å². The smallest absolute Gasteiger partial charge is 0.307 e. The number of nitrogens with one attached hydrogen (secondary N) is 2. The number of rotatable bonds is 7. The molecule has 0 saturated heterocycles. The molecule has 0 atom stereocenters. The lowest BCUT2D eigenvalue weighted by atomic mass is 10.2. The van der Waals surface area contributed by atoms with Gasteiger partial charge in [-0.2, -0.15) is 0 Å². The number of nitrogen functional groups attached to an aromatic ring is 1. The van der Waals surface area contributed by atoms with Gasteiger partial charge in [0, 0.05) is 18.0 Å². The summed E-state index contributed by atoms with van der Waals surface area (Å²) in [6.45, 7) is 4.56. The third kappa shape index (κ3) is 3.57. The summed E-state index contributed by atoms with van der Waals surface area (Å²) in [6, 6.07) is 0. The third-order valence-corrected chi connectivity index (χ3v) is 3.17. The second kappa shape index (κ2) is 6.51. The predicted octanol–water partition coefficient (Wildman–Crippen LogP) is 1.31. The Bertz CT molecular complexity index is 488. The van der Waals surface area contributed by atoms with Crippen LogP contribution in [-0.2, 0) is 9.53 Å². The quantitative estimate of drug-likeness (QED) is 0.393. The van der Waals surface area contributed by atoms with E-state index in [1.165, 1.54) is 0 Å². The van der Waals surface area contributed by atoms with E-state index < -0.39 is 0 Å². The maximum absolute atomic E-state index is 11.3. The minimum atomic E-state index is -0.216. The van der Waals surface area contributed by atoms with E-state index >= 15 is 0 Å². The van der Waals surface area contributed by atoms with Gasteiger partial charge in [-0.05, 0) is 26.7 Å². The summed E-state index contributed by atoms with van der Waals surface area (Å²) in [5.74, 6) is 7.86. The predicted molar refractivity (Wildman–Crippen MR) is 76.3 cm³/mol. The number of ether oxygens (including phenoxy) is 1. The van der Waals surface area contributed by atoms with Gasteiger partial charge in [-0.3, -0.25) is 4.79 Å². The van der Waals surface area contributed by atoms with Gasteiger partial charge in [0.1, 0.15) is 17.5 Å². The molecule has 1 aliphatic rings. The second-order valence-electron chi connectivity index (χ2n) is 4.80. The van der Waals surface area contributed by atoms with Crippen molar-refractivity contribution in [3.8, 4) is 0 Å². The Balaban J connectivity index is 2.02. The fourth-order valence-corrected chi connectivity index (χ4v) is 1.89. The van der Waals surface area contributed by atoms with Gasteiger partial charge in [-0.1, -0.05) is 0 Å². The summed E-state index contributed by atoms with van der Waals surface area (Å²) in [5.41, 5.74) is 3.44. The van der Waals surface area contributed by atoms with E-state index in [-0.39, 0.29) is 5.97 Å². The zero-order chi connectivity index (χ0) is 14.5. The Morgan fingerprint density at radius 1 is 1.40 bits per heavy atom. The number of anilines is 2. The number of esters is 1. The lowest BCUT2D eigenvalue weighted by Gasteiger charge is -2.13. The molecule has 20 heavy (non-hydrogen) atoms. The molecule has 0 spiro atoms. The van der Waals surface area contributed by atoms with Crippen molar-refractivity contribution in [3.63, 3.8) is 0 Å². The van der Waals surface area contributed by atoms with Gasteiger partial charge in [0.15, 0.2) is 0 Å². The van der Waals surface area contributed by atoms with Gasteiger partial charge in [-0.25, -0.2) is 15.8 Å². The zero-order valence-electron chi connectivity index (χ0n) is 11.9. The van der Waals surface area contributed by atoms with Gasteiger partial charge in [0.25, 0.3) is 0 Å². The molecule has 1 saturated carbocycles. The number of hydrogen-bond donors (Lipinski definition) is 3. The summed E-state index contributed by atoms with van der Waals surface area (Å²) in [6.07, 6.45) is 2.55. The van der Waals surface area contributed by atoms with E-state index in [0.717, 1.165) is 30.0 Å². The molecule has 0 aromatic carbocycles. The van der Waals surface area contributed by atoms with Crippen molar-refractivity contribution in [1.29, 1.82) is 0 Å². The monoisotopic (exact) mass is 279 g/mol. The van der Waals surface area contributed by atoms with Crippen molar-refractivity contribution >= 4 is 17.6 Å². The molecule has 7 heteroatoms. The molecule has 110 valence electrons. The molecule has 1 aromatic rings. The van der Waals surface area contributed by atoms with E-state index in [1.54, 1.807) is 6.92 Å². The number of hydrogen-bond acceptors (Lipinski definition) is 7. The van der Waals surface area contributed by atoms with Gasteiger partial charge in [-0.15, -0.1) is 0 Å². The lowest BCUT2D eigenvalue weighted by molar-refractivity contribution is -0.142. The molecule has 0 amide bonds. The summed E-state index contributed by atoms with van der Waals surface area (Å²) >= 11 is 0. The van der Waals surface area contributed by atoms with Crippen LogP contribution in [0.2, 0.25) is 0 Å². The van der Waals surface area contributed by atoms with Gasteiger partial charge >= 0.3 is 5.97 Å². The van der Waals surface area contributed by atoms with Crippen LogP contribution in [0.15, 0.2) is 0 Å². The van der Waals surface area contributed by atoms with Crippen molar-refractivity contribution in [2.24, 2.45) is 5.84 Å². The first-order valence-electron chi connectivity index (χ1n) is 6.90. The Labute approximate surface area is 118 Å². The summed E-state index contributed by atoms with van der Waals surface area (Å²) in [5, 5.41) is 3.15. The fraction of sp³-hybridized carbons (Fsp3) is 0.615. The van der Waals surface area contributed by atoms with Crippen molar-refractivity contribution in [2.45, 2.75) is 39.0 Å². The van der Waals surface area contributed by atoms with Crippen LogP contribution in [0.25, 0.3) is 0 Å². The Kier molecular flexibility index (Phi) is 4.73. The molecule has 0 radical (unpaired) electrons. The third-order valence-electron chi connectivity index (χ3n) is 3.17. The van der Waals surface area contributed by atoms with Crippen LogP contribution in [0.4, 0.5) is 11.6 Å². The molecule has 1 aromatic heterocycles. The Morgan fingerprint density at radius 2 is 2.10 bits per heavy atom. The summed E-state index contributed by atoms with van der Waals surface area (Å²) < 4.78 is 4.88. The van der Waals surface area contributed by atoms with Crippen molar-refractivity contribution < 1.29 is 9.53 Å². The standard InChI is InChI=1S/C13H21N5O2/c1-3-20-10(19)6-7-15-11-8(2)12(18-14)17-13(16-11)9-4-5-9/h9H,3-7,14H2,1-2H3,(H2,15,16,17,18). The second-order valence-corrected chi connectivity index (χ2v) is 4.80. The van der Waals surface area contributed by atoms with Crippen LogP contribution < -0.4 is 16.6 Å². The minimum absolute atomic E-state index is 0.216. The van der Waals surface area contributed by atoms with Crippen LogP contribution in [0, 0.1) is 6.92 Å². The molecule has 7 nitrogen and oxygen atoms in total. The number of carbonyl (C=O) groups is 1. The number of aromatic nitrogens is 2. The number of nitrogens with zero attached hydrogens (tertiary/aromatic N) is 2. The SMILES string of the molecule is CCOC(=O)CCNc1nc(C2CC2)nc(NN)c1C. The molecule has 1 heterocycles. The summed E-state index contributed by atoms with van der Waals surface area (Å²) in [4.78, 5) is 20.2. The number of carbonyl (C=O) groups excluding carboxylic acids is 1. The largest absolute Gasteiger partial charge is 0.466 e. The van der Waals surface area contributed by atoms with Crippen LogP contribution >= 0.6 is 0 Å². The Hall–Kier alpha value is -1.89. The Morgan fingerprint density at radius 3 is 2.70 bits per heavy atom. The molecule has 0 unspecified atom stereocenters. The minimum Gasteiger partial charge on any atom is -0.466 e. The van der Waals surface area contributed by atoms with Crippen LogP contribution in [0.3, 0.4) is 0 Å². The van der Waals surface area contributed by atoms with E-state index in [4.69, 9.17) is 10.6 Å². The van der Waals surface area contributed by atoms with E-state index in [2.05, 4.69) is 20.7 Å². The molecular formula is C13H21N5O2. The molecule has 0 aliphatic heterocycles. The van der Waals surface area contributed by atoms with E-state index in [0.29, 0.717) is 31.3 Å². The first-order valence-corrected chi connectivity index (χ1v) is 6.90. The molecular weight excluding hydrogens is 258 g/mol. The van der Waals surface area contributed by atoms with Crippen LogP contribution in [-0.4, -0.2) is 29.1 Å². The maximum Gasteiger partial charge on any atom is 0.307 e. The average Bonchev–Trinajstić information content (AvgIpc) is 3.25.